The normalized spacial score (nSPS) is 17.4. The number of benzene rings is 3. The molecule has 2 fully saturated rings. The monoisotopic (exact) mass is 781 g/mol. The lowest BCUT2D eigenvalue weighted by Crippen LogP contribution is -2.66. The van der Waals surface area contributed by atoms with Gasteiger partial charge in [0.05, 0.1) is 33.4 Å². The second kappa shape index (κ2) is 16.6. The van der Waals surface area contributed by atoms with Crippen molar-refractivity contribution in [1.82, 2.24) is 40.8 Å². The number of urea groups is 1. The van der Waals surface area contributed by atoms with Crippen molar-refractivity contribution < 1.29 is 23.9 Å². The van der Waals surface area contributed by atoms with Crippen molar-refractivity contribution in [3.8, 4) is 5.75 Å². The molecule has 17 heteroatoms. The molecule has 2 aliphatic heterocycles. The first-order valence-corrected chi connectivity index (χ1v) is 18.7. The van der Waals surface area contributed by atoms with Gasteiger partial charge in [-0.3, -0.25) is 14.6 Å². The molecule has 14 nitrogen and oxygen atoms in total. The number of likely N-dealkylation sites (N-methyl/N-ethyl adjacent to an activating group) is 1. The summed E-state index contributed by atoms with van der Waals surface area (Å²) < 4.78 is 6.29. The highest BCUT2D eigenvalue weighted by molar-refractivity contribution is 7.22. The lowest BCUT2D eigenvalue weighted by Gasteiger charge is -2.47. The molecule has 0 aliphatic carbocycles. The summed E-state index contributed by atoms with van der Waals surface area (Å²) in [5.41, 5.74) is 9.10. The van der Waals surface area contributed by atoms with Crippen molar-refractivity contribution in [2.75, 3.05) is 39.0 Å². The number of carbonyl (C=O) groups is 4. The zero-order chi connectivity index (χ0) is 37.8. The van der Waals surface area contributed by atoms with Gasteiger partial charge in [0.15, 0.2) is 5.13 Å². The fourth-order valence-corrected chi connectivity index (χ4v) is 7.73. The molecule has 2 saturated heterocycles. The molecule has 0 spiro atoms. The van der Waals surface area contributed by atoms with Crippen LogP contribution in [-0.4, -0.2) is 100 Å². The lowest BCUT2D eigenvalue weighted by atomic mass is 9.99. The number of carbonyl (C=O) groups excluding carboxylic acids is 4. The number of piperazine rings is 1. The van der Waals surface area contributed by atoms with Gasteiger partial charge in [-0.15, -0.1) is 0 Å². The summed E-state index contributed by atoms with van der Waals surface area (Å²) in [4.78, 5) is 62.2. The Bertz CT molecular complexity index is 2000. The van der Waals surface area contributed by atoms with Gasteiger partial charge in [0.2, 0.25) is 11.8 Å². The number of nitrogens with zero attached hydrogens (tertiary/aromatic N) is 5. The first-order chi connectivity index (χ1) is 25.4. The Hall–Kier alpha value is -4.67. The van der Waals surface area contributed by atoms with Gasteiger partial charge in [-0.05, 0) is 67.9 Å². The minimum Gasteiger partial charge on any atom is -0.410 e. The summed E-state index contributed by atoms with van der Waals surface area (Å²) in [6.07, 6.45) is -1.03. The maximum absolute atomic E-state index is 14.4. The van der Waals surface area contributed by atoms with Gasteiger partial charge in [0, 0.05) is 38.6 Å². The van der Waals surface area contributed by atoms with E-state index in [1.54, 1.807) is 69.3 Å². The van der Waals surface area contributed by atoms with Gasteiger partial charge in [-0.25, -0.2) is 14.6 Å². The van der Waals surface area contributed by atoms with Crippen molar-refractivity contribution in [1.29, 1.82) is 0 Å². The Morgan fingerprint density at radius 3 is 2.51 bits per heavy atom. The fourth-order valence-electron chi connectivity index (χ4n) is 6.63. The molecule has 2 atom stereocenters. The van der Waals surface area contributed by atoms with E-state index < -0.39 is 24.3 Å². The number of ether oxygens (including phenoxy) is 1. The van der Waals surface area contributed by atoms with Gasteiger partial charge >= 0.3 is 12.1 Å². The van der Waals surface area contributed by atoms with Gasteiger partial charge in [-0.1, -0.05) is 64.9 Å². The summed E-state index contributed by atoms with van der Waals surface area (Å²) in [6, 6.07) is 16.1. The first-order valence-electron chi connectivity index (χ1n) is 17.1. The van der Waals surface area contributed by atoms with E-state index in [0.717, 1.165) is 26.9 Å². The lowest BCUT2D eigenvalue weighted by molar-refractivity contribution is -0.158. The van der Waals surface area contributed by atoms with Gasteiger partial charge in [0.25, 0.3) is 0 Å². The van der Waals surface area contributed by atoms with Crippen LogP contribution in [0.15, 0.2) is 60.7 Å². The second-order valence-corrected chi connectivity index (χ2v) is 14.9. The topological polar surface area (TPSA) is 165 Å². The van der Waals surface area contributed by atoms with Crippen molar-refractivity contribution in [2.45, 2.75) is 51.6 Å². The highest BCUT2D eigenvalue weighted by Crippen LogP contribution is 2.33. The van der Waals surface area contributed by atoms with Crippen molar-refractivity contribution in [3.63, 3.8) is 0 Å². The maximum atomic E-state index is 14.4. The van der Waals surface area contributed by atoms with Gasteiger partial charge in [0.1, 0.15) is 18.0 Å². The number of nitrogens with two attached hydrogens (primary N) is 1. The van der Waals surface area contributed by atoms with E-state index in [0.29, 0.717) is 34.0 Å². The quantitative estimate of drug-likeness (QED) is 0.152. The minimum atomic E-state index is -0.879. The van der Waals surface area contributed by atoms with Crippen molar-refractivity contribution in [2.24, 2.45) is 0 Å². The number of anilines is 1. The summed E-state index contributed by atoms with van der Waals surface area (Å²) in [5, 5.41) is 13.1. The summed E-state index contributed by atoms with van der Waals surface area (Å²) >= 11 is 13.7. The number of fused-ring (bicyclic) bond motifs is 2. The molecular weight excluding hydrogens is 741 g/mol. The molecule has 3 aromatic carbocycles. The zero-order valence-corrected chi connectivity index (χ0v) is 31.8. The Kier molecular flexibility index (Phi) is 11.9. The molecular formula is C36H41Cl2N9O5S. The molecule has 5 amide bonds. The van der Waals surface area contributed by atoms with E-state index in [2.05, 4.69) is 20.9 Å². The van der Waals surface area contributed by atoms with Crippen LogP contribution in [0.4, 0.5) is 14.7 Å². The smallest absolute Gasteiger partial charge is 0.410 e. The molecule has 6 rings (SSSR count). The average Bonchev–Trinajstić information content (AvgIpc) is 3.66. The molecule has 1 aromatic heterocycles. The first kappa shape index (κ1) is 38.1. The molecule has 0 unspecified atom stereocenters. The van der Waals surface area contributed by atoms with Crippen LogP contribution in [0, 0.1) is 0 Å². The molecule has 280 valence electrons. The number of halogens is 2. The molecule has 2 aliphatic rings. The third-order valence-corrected chi connectivity index (χ3v) is 10.6. The number of para-hydroxylation sites is 1. The summed E-state index contributed by atoms with van der Waals surface area (Å²) in [5.74, 6) is -0.173. The van der Waals surface area contributed by atoms with Crippen LogP contribution < -0.4 is 26.4 Å². The number of amides is 5. The third kappa shape index (κ3) is 8.60. The third-order valence-electron chi connectivity index (χ3n) is 9.06. The maximum Gasteiger partial charge on any atom is 0.412 e. The van der Waals surface area contributed by atoms with Crippen LogP contribution >= 0.6 is 34.5 Å². The van der Waals surface area contributed by atoms with E-state index in [1.807, 2.05) is 32.0 Å². The molecule has 3 heterocycles. The molecule has 0 saturated carbocycles. The van der Waals surface area contributed by atoms with Crippen LogP contribution in [0.5, 0.6) is 5.75 Å². The second-order valence-electron chi connectivity index (χ2n) is 13.0. The number of hydrogen-bond acceptors (Lipinski definition) is 10. The van der Waals surface area contributed by atoms with Crippen LogP contribution in [-0.2, 0) is 29.1 Å². The molecule has 0 radical (unpaired) electrons. The van der Waals surface area contributed by atoms with Gasteiger partial charge < -0.3 is 36.2 Å². The van der Waals surface area contributed by atoms with Crippen molar-refractivity contribution in [3.05, 3.63) is 87.4 Å². The molecule has 4 aromatic rings. The van der Waals surface area contributed by atoms with Crippen LogP contribution in [0.2, 0.25) is 10.0 Å². The van der Waals surface area contributed by atoms with Crippen LogP contribution in [0.1, 0.15) is 30.5 Å². The van der Waals surface area contributed by atoms with E-state index in [4.69, 9.17) is 33.7 Å². The standard InChI is InChI=1S/C36H41Cl2N9O5S/c1-21(2)47(35(50)42-17-23-9-12-26(37)27(38)15-23)45-20-31(48)46-28(16-22-7-10-25(11-8-22)52-36(51)41-14-13-40-3)33(49)44(19-30(45)46)18-24-5-4-6-29-32(24)43-34(39)53-29/h4-12,15,21,28,30,40H,13-14,16-20H2,1-3H3,(H2,39,43)(H,41,51)(H,42,50)/t28-,30+/m0/s1. The number of rotatable bonds is 12. The predicted octanol–water partition coefficient (Wildman–Crippen LogP) is 4.45. The largest absolute Gasteiger partial charge is 0.412 e. The van der Waals surface area contributed by atoms with E-state index in [-0.39, 0.29) is 50.5 Å². The highest BCUT2D eigenvalue weighted by Gasteiger charge is 2.52. The number of hydrazine groups is 1. The minimum absolute atomic E-state index is 0.103. The van der Waals surface area contributed by atoms with Crippen molar-refractivity contribution >= 4 is 73.8 Å². The Morgan fingerprint density at radius 2 is 1.79 bits per heavy atom. The van der Waals surface area contributed by atoms with E-state index in [9.17, 15) is 19.2 Å². The van der Waals surface area contributed by atoms with Gasteiger partial charge in [-0.2, -0.15) is 5.01 Å². The number of hydrogen-bond donors (Lipinski definition) is 4. The summed E-state index contributed by atoms with van der Waals surface area (Å²) in [7, 11) is 1.79. The van der Waals surface area contributed by atoms with E-state index in [1.165, 1.54) is 11.3 Å². The number of nitrogen functional groups attached to an aromatic ring is 1. The van der Waals surface area contributed by atoms with Crippen LogP contribution in [0.3, 0.4) is 0 Å². The predicted molar refractivity (Wildman–Crippen MR) is 204 cm³/mol. The molecule has 5 N–H and O–H groups in total. The Balaban J connectivity index is 1.27. The number of thiazole rings is 1. The average molecular weight is 783 g/mol. The van der Waals surface area contributed by atoms with E-state index >= 15 is 0 Å². The number of nitrogens with one attached hydrogen (secondary N) is 3. The number of aromatic nitrogens is 1. The molecule has 0 bridgehead atoms. The summed E-state index contributed by atoms with van der Waals surface area (Å²) in [6.45, 7) is 5.19. The Labute approximate surface area is 321 Å². The van der Waals surface area contributed by atoms with Crippen LogP contribution in [0.25, 0.3) is 10.2 Å². The fraction of sp³-hybridized carbons (Fsp3) is 0.361. The SMILES string of the molecule is CNCCNC(=O)Oc1ccc(C[C@H]2C(=O)N(Cc3cccc4sc(N)nc34)C[C@H]3N2C(=O)CN3N(C(=O)NCc2ccc(Cl)c(Cl)c2)C(C)C)cc1. The Morgan fingerprint density at radius 1 is 1.04 bits per heavy atom. The highest BCUT2D eigenvalue weighted by atomic mass is 35.5. The zero-order valence-electron chi connectivity index (χ0n) is 29.5. The molecule has 53 heavy (non-hydrogen) atoms.